The highest BCUT2D eigenvalue weighted by atomic mass is 15.3. The second-order valence-corrected chi connectivity index (χ2v) is 5.93. The normalized spacial score (nSPS) is 17.1. The second kappa shape index (κ2) is 7.07. The predicted octanol–water partition coefficient (Wildman–Crippen LogP) is 4.06. The van der Waals surface area contributed by atoms with E-state index in [1.165, 1.54) is 49.1 Å². The maximum atomic E-state index is 4.61. The standard InChI is InChI=1S/C17H29N3/c1-5-20-15(4)17(14(3)19-20)13(2)18-12-11-16-9-7-6-8-10-16/h9,13,18H,5-8,10-12H2,1-4H3. The SMILES string of the molecule is CCn1nc(C)c(C(C)NCCC2=CCCCC2)c1C. The number of allylic oxidation sites excluding steroid dienone is 1. The lowest BCUT2D eigenvalue weighted by Gasteiger charge is -2.17. The monoisotopic (exact) mass is 275 g/mol. The van der Waals surface area contributed by atoms with Crippen LogP contribution in [0.4, 0.5) is 0 Å². The molecule has 3 heteroatoms. The fourth-order valence-electron chi connectivity index (χ4n) is 3.33. The molecule has 1 aliphatic rings. The van der Waals surface area contributed by atoms with Crippen LogP contribution in [0.25, 0.3) is 0 Å². The van der Waals surface area contributed by atoms with E-state index in [1.807, 2.05) is 0 Å². The Kier molecular flexibility index (Phi) is 5.41. The smallest absolute Gasteiger partial charge is 0.0644 e. The van der Waals surface area contributed by atoms with E-state index >= 15 is 0 Å². The van der Waals surface area contributed by atoms with Gasteiger partial charge in [0.1, 0.15) is 0 Å². The molecule has 0 aliphatic heterocycles. The first-order valence-electron chi connectivity index (χ1n) is 8.08. The van der Waals surface area contributed by atoms with Gasteiger partial charge in [-0.1, -0.05) is 11.6 Å². The largest absolute Gasteiger partial charge is 0.310 e. The maximum absolute atomic E-state index is 4.61. The molecule has 112 valence electrons. The molecule has 0 spiro atoms. The van der Waals surface area contributed by atoms with E-state index in [4.69, 9.17) is 0 Å². The number of aromatic nitrogens is 2. The van der Waals surface area contributed by atoms with Gasteiger partial charge in [-0.15, -0.1) is 0 Å². The topological polar surface area (TPSA) is 29.9 Å². The number of aryl methyl sites for hydroxylation is 2. The zero-order chi connectivity index (χ0) is 14.5. The van der Waals surface area contributed by atoms with E-state index in [2.05, 4.69) is 48.9 Å². The van der Waals surface area contributed by atoms with Gasteiger partial charge in [-0.05, 0) is 66.3 Å². The summed E-state index contributed by atoms with van der Waals surface area (Å²) in [6.07, 6.45) is 8.99. The third-order valence-corrected chi connectivity index (χ3v) is 4.45. The van der Waals surface area contributed by atoms with E-state index in [0.29, 0.717) is 6.04 Å². The Bertz CT molecular complexity index is 471. The highest BCUT2D eigenvalue weighted by molar-refractivity contribution is 5.27. The molecule has 1 heterocycles. The molecule has 1 unspecified atom stereocenters. The highest BCUT2D eigenvalue weighted by Crippen LogP contribution is 2.23. The van der Waals surface area contributed by atoms with Crippen molar-refractivity contribution in [3.05, 3.63) is 28.6 Å². The minimum atomic E-state index is 0.388. The summed E-state index contributed by atoms with van der Waals surface area (Å²) >= 11 is 0. The average molecular weight is 275 g/mol. The van der Waals surface area contributed by atoms with Gasteiger partial charge in [0.2, 0.25) is 0 Å². The molecule has 0 saturated heterocycles. The van der Waals surface area contributed by atoms with Crippen molar-refractivity contribution in [2.45, 2.75) is 72.4 Å². The Morgan fingerprint density at radius 3 is 2.75 bits per heavy atom. The van der Waals surface area contributed by atoms with Gasteiger partial charge in [-0.2, -0.15) is 5.10 Å². The van der Waals surface area contributed by atoms with E-state index in [1.54, 1.807) is 5.57 Å². The van der Waals surface area contributed by atoms with E-state index < -0.39 is 0 Å². The molecule has 1 aliphatic carbocycles. The number of hydrogen-bond donors (Lipinski definition) is 1. The molecule has 0 fully saturated rings. The van der Waals surface area contributed by atoms with Crippen LogP contribution < -0.4 is 5.32 Å². The fraction of sp³-hybridized carbons (Fsp3) is 0.706. The Morgan fingerprint density at radius 1 is 1.35 bits per heavy atom. The van der Waals surface area contributed by atoms with Crippen LogP contribution in [0.3, 0.4) is 0 Å². The molecule has 0 bridgehead atoms. The first-order valence-corrected chi connectivity index (χ1v) is 8.08. The molecule has 20 heavy (non-hydrogen) atoms. The van der Waals surface area contributed by atoms with Crippen LogP contribution in [0.15, 0.2) is 11.6 Å². The molecule has 0 saturated carbocycles. The van der Waals surface area contributed by atoms with Crippen molar-refractivity contribution in [1.82, 2.24) is 15.1 Å². The van der Waals surface area contributed by atoms with Crippen LogP contribution in [0, 0.1) is 13.8 Å². The van der Waals surface area contributed by atoms with Crippen molar-refractivity contribution in [2.75, 3.05) is 6.54 Å². The minimum absolute atomic E-state index is 0.388. The van der Waals surface area contributed by atoms with Gasteiger partial charge in [0.05, 0.1) is 5.69 Å². The molecule has 3 nitrogen and oxygen atoms in total. The summed E-state index contributed by atoms with van der Waals surface area (Å²) in [6.45, 7) is 10.7. The molecule has 0 amide bonds. The molecular weight excluding hydrogens is 246 g/mol. The van der Waals surface area contributed by atoms with E-state index in [-0.39, 0.29) is 0 Å². The minimum Gasteiger partial charge on any atom is -0.310 e. The van der Waals surface area contributed by atoms with Crippen molar-refractivity contribution >= 4 is 0 Å². The zero-order valence-electron chi connectivity index (χ0n) is 13.5. The Balaban J connectivity index is 1.90. The van der Waals surface area contributed by atoms with Gasteiger partial charge in [-0.3, -0.25) is 4.68 Å². The highest BCUT2D eigenvalue weighted by Gasteiger charge is 2.16. The van der Waals surface area contributed by atoms with Crippen molar-refractivity contribution < 1.29 is 0 Å². The van der Waals surface area contributed by atoms with Crippen LogP contribution in [0.2, 0.25) is 0 Å². The summed E-state index contributed by atoms with van der Waals surface area (Å²) in [5, 5.41) is 8.28. The lowest BCUT2D eigenvalue weighted by molar-refractivity contribution is 0.556. The molecule has 0 aromatic carbocycles. The van der Waals surface area contributed by atoms with Crippen molar-refractivity contribution in [3.63, 3.8) is 0 Å². The first kappa shape index (κ1) is 15.3. The molecule has 0 radical (unpaired) electrons. The van der Waals surface area contributed by atoms with E-state index in [9.17, 15) is 0 Å². The van der Waals surface area contributed by atoms with Gasteiger partial charge in [0.25, 0.3) is 0 Å². The molecule has 1 aromatic heterocycles. The second-order valence-electron chi connectivity index (χ2n) is 5.93. The average Bonchev–Trinajstić information content (AvgIpc) is 2.74. The lowest BCUT2D eigenvalue weighted by Crippen LogP contribution is -2.21. The zero-order valence-corrected chi connectivity index (χ0v) is 13.5. The van der Waals surface area contributed by atoms with Crippen LogP contribution in [0.5, 0.6) is 0 Å². The summed E-state index contributed by atoms with van der Waals surface area (Å²) in [6, 6.07) is 0.388. The van der Waals surface area contributed by atoms with Crippen LogP contribution in [0.1, 0.15) is 68.9 Å². The summed E-state index contributed by atoms with van der Waals surface area (Å²) < 4.78 is 2.10. The number of nitrogens with zero attached hydrogens (tertiary/aromatic N) is 2. The summed E-state index contributed by atoms with van der Waals surface area (Å²) in [5.41, 5.74) is 5.50. The van der Waals surface area contributed by atoms with Crippen LogP contribution in [-0.2, 0) is 6.54 Å². The maximum Gasteiger partial charge on any atom is 0.0644 e. The molecular formula is C17H29N3. The third kappa shape index (κ3) is 3.51. The summed E-state index contributed by atoms with van der Waals surface area (Å²) in [4.78, 5) is 0. The van der Waals surface area contributed by atoms with E-state index in [0.717, 1.165) is 13.1 Å². The Morgan fingerprint density at radius 2 is 2.15 bits per heavy atom. The first-order chi connectivity index (χ1) is 9.63. The van der Waals surface area contributed by atoms with Gasteiger partial charge in [0.15, 0.2) is 0 Å². The van der Waals surface area contributed by atoms with Gasteiger partial charge in [0, 0.05) is 23.8 Å². The van der Waals surface area contributed by atoms with Gasteiger partial charge in [-0.25, -0.2) is 0 Å². The number of nitrogens with one attached hydrogen (secondary N) is 1. The molecule has 1 aromatic rings. The quantitative estimate of drug-likeness (QED) is 0.793. The number of rotatable bonds is 6. The van der Waals surface area contributed by atoms with Crippen LogP contribution in [-0.4, -0.2) is 16.3 Å². The molecule has 2 rings (SSSR count). The molecule has 1 atom stereocenters. The third-order valence-electron chi connectivity index (χ3n) is 4.45. The van der Waals surface area contributed by atoms with Gasteiger partial charge >= 0.3 is 0 Å². The summed E-state index contributed by atoms with van der Waals surface area (Å²) in [5.74, 6) is 0. The Labute approximate surface area is 123 Å². The fourth-order valence-corrected chi connectivity index (χ4v) is 3.33. The van der Waals surface area contributed by atoms with Crippen molar-refractivity contribution in [2.24, 2.45) is 0 Å². The molecule has 1 N–H and O–H groups in total. The van der Waals surface area contributed by atoms with Gasteiger partial charge < -0.3 is 5.32 Å². The van der Waals surface area contributed by atoms with Crippen molar-refractivity contribution in [1.29, 1.82) is 0 Å². The van der Waals surface area contributed by atoms with Crippen LogP contribution >= 0.6 is 0 Å². The summed E-state index contributed by atoms with van der Waals surface area (Å²) in [7, 11) is 0. The Hall–Kier alpha value is -1.09. The lowest BCUT2D eigenvalue weighted by atomic mass is 9.97. The number of hydrogen-bond acceptors (Lipinski definition) is 2. The predicted molar refractivity (Wildman–Crippen MR) is 85.0 cm³/mol. The van der Waals surface area contributed by atoms with Crippen molar-refractivity contribution in [3.8, 4) is 0 Å².